The van der Waals surface area contributed by atoms with Crippen LogP contribution in [0.1, 0.15) is 13.8 Å². The monoisotopic (exact) mass is 126 g/mol. The molecular weight excluding hydrogens is 116 g/mol. The van der Waals surface area contributed by atoms with Gasteiger partial charge in [-0.3, -0.25) is 4.42 Å². The summed E-state index contributed by atoms with van der Waals surface area (Å²) in [7, 11) is 0. The Labute approximate surface area is 54.6 Å². The van der Waals surface area contributed by atoms with Gasteiger partial charge in [-0.2, -0.15) is 5.92 Å². The van der Waals surface area contributed by atoms with Crippen LogP contribution in [0, 0.1) is 18.3 Å². The smallest absolute Gasteiger partial charge is 0.310 e. The van der Waals surface area contributed by atoms with Gasteiger partial charge in [0.2, 0.25) is 0 Å². The van der Waals surface area contributed by atoms with E-state index in [0.717, 1.165) is 0 Å². The van der Waals surface area contributed by atoms with E-state index in [4.69, 9.17) is 0 Å². The Morgan fingerprint density at radius 3 is 2.67 bits per heavy atom. The van der Waals surface area contributed by atoms with E-state index in [-0.39, 0.29) is 11.9 Å². The zero-order chi connectivity index (χ0) is 6.85. The molecule has 0 radical (unpaired) electrons. The average molecular weight is 126 g/mol. The lowest BCUT2D eigenvalue weighted by Crippen LogP contribution is -2.01. The first-order valence-electron chi connectivity index (χ1n) is 3.09. The lowest BCUT2D eigenvalue weighted by atomic mass is 10.3. The molecule has 2 nitrogen and oxygen atoms in total. The van der Waals surface area contributed by atoms with E-state index in [1.54, 1.807) is 6.92 Å². The molecule has 0 N–H and O–H groups in total. The van der Waals surface area contributed by atoms with Crippen LogP contribution in [0.4, 0.5) is 0 Å². The molecule has 50 valence electrons. The number of aldehydes is 1. The average Bonchev–Trinajstić information content (AvgIpc) is 2.47. The van der Waals surface area contributed by atoms with Crippen LogP contribution in [0.5, 0.6) is 0 Å². The highest BCUT2D eigenvalue weighted by Gasteiger charge is 2.34. The zero-order valence-corrected chi connectivity index (χ0v) is 5.63. The maximum Gasteiger partial charge on any atom is 0.550 e. The summed E-state index contributed by atoms with van der Waals surface area (Å²) < 4.78 is 4.64. The summed E-state index contributed by atoms with van der Waals surface area (Å²) in [6.45, 7) is 3.70. The Hall–Kier alpha value is -0.660. The van der Waals surface area contributed by atoms with Gasteiger partial charge in [0.25, 0.3) is 0 Å². The molecule has 0 bridgehead atoms. The molecule has 0 heterocycles. The minimum absolute atomic E-state index is 0.0706. The number of carbonyl (C=O) groups is 1. The SMILES string of the molecule is CC=[O+]C(=O)[C@@H]1[CH-]C1C. The van der Waals surface area contributed by atoms with Crippen LogP contribution in [0.3, 0.4) is 0 Å². The van der Waals surface area contributed by atoms with Crippen LogP contribution >= 0.6 is 0 Å². The normalized spacial score (nSPS) is 33.1. The van der Waals surface area contributed by atoms with Crippen molar-refractivity contribution in [3.8, 4) is 0 Å². The van der Waals surface area contributed by atoms with Gasteiger partial charge in [0.1, 0.15) is 0 Å². The van der Waals surface area contributed by atoms with E-state index >= 15 is 0 Å². The van der Waals surface area contributed by atoms with E-state index in [1.165, 1.54) is 6.29 Å². The third kappa shape index (κ3) is 1.37. The number of rotatable bonds is 1. The first-order valence-corrected chi connectivity index (χ1v) is 3.09. The Morgan fingerprint density at radius 2 is 2.33 bits per heavy atom. The standard InChI is InChI=1S/C7H10O2/c1-3-9-7(8)6-4-5(6)2/h3-6H,1-2H3/t5?,6-/m1/s1. The van der Waals surface area contributed by atoms with Crippen molar-refractivity contribution in [2.45, 2.75) is 13.8 Å². The summed E-state index contributed by atoms with van der Waals surface area (Å²) >= 11 is 0. The van der Waals surface area contributed by atoms with Crippen LogP contribution in [0.15, 0.2) is 0 Å². The molecule has 1 fully saturated rings. The highest BCUT2D eigenvalue weighted by molar-refractivity contribution is 5.77. The first-order chi connectivity index (χ1) is 4.25. The van der Waals surface area contributed by atoms with E-state index in [2.05, 4.69) is 4.42 Å². The third-order valence-corrected chi connectivity index (χ3v) is 1.44. The molecule has 1 saturated carbocycles. The number of carbonyl (C=O) groups excluding carboxylic acids is 2. The lowest BCUT2D eigenvalue weighted by Gasteiger charge is -1.80. The highest BCUT2D eigenvalue weighted by atomic mass is 16.4. The summed E-state index contributed by atoms with van der Waals surface area (Å²) in [4.78, 5) is 10.7. The van der Waals surface area contributed by atoms with Crippen molar-refractivity contribution < 1.29 is 9.22 Å². The van der Waals surface area contributed by atoms with Crippen molar-refractivity contribution >= 4 is 12.3 Å². The number of hydrogen-bond acceptors (Lipinski definition) is 1. The van der Waals surface area contributed by atoms with Crippen LogP contribution < -0.4 is 0 Å². The molecule has 9 heavy (non-hydrogen) atoms. The van der Waals surface area contributed by atoms with E-state index in [1.807, 2.05) is 13.3 Å². The minimum atomic E-state index is -0.120. The first kappa shape index (κ1) is 6.46. The van der Waals surface area contributed by atoms with Crippen LogP contribution in [-0.4, -0.2) is 12.3 Å². The Morgan fingerprint density at radius 1 is 1.78 bits per heavy atom. The molecule has 2 atom stereocenters. The van der Waals surface area contributed by atoms with Gasteiger partial charge < -0.3 is 6.42 Å². The molecular formula is C7H10O2. The van der Waals surface area contributed by atoms with Gasteiger partial charge in [0.05, 0.1) is 0 Å². The Kier molecular flexibility index (Phi) is 1.65. The van der Waals surface area contributed by atoms with E-state index in [0.29, 0.717) is 5.92 Å². The molecule has 1 aliphatic rings. The summed E-state index contributed by atoms with van der Waals surface area (Å²) in [5.41, 5.74) is 0. The maximum atomic E-state index is 10.7. The molecule has 0 aromatic rings. The summed E-state index contributed by atoms with van der Waals surface area (Å²) in [6.07, 6.45) is 3.38. The topological polar surface area (TPSA) is 28.4 Å². The molecule has 1 aliphatic carbocycles. The molecule has 2 heteroatoms. The molecule has 0 amide bonds. The van der Waals surface area contributed by atoms with Gasteiger partial charge in [-0.25, -0.2) is 0 Å². The van der Waals surface area contributed by atoms with Crippen molar-refractivity contribution in [1.82, 2.24) is 0 Å². The Bertz CT molecular complexity index is 149. The molecule has 1 unspecified atom stereocenters. The number of hydrogen-bond donors (Lipinski definition) is 0. The largest absolute Gasteiger partial charge is 0.550 e. The van der Waals surface area contributed by atoms with Crippen LogP contribution in [0.2, 0.25) is 0 Å². The summed E-state index contributed by atoms with van der Waals surface area (Å²) in [5.74, 6) is 0.378. The summed E-state index contributed by atoms with van der Waals surface area (Å²) in [5, 5.41) is 0. The second kappa shape index (κ2) is 2.29. The molecule has 1 rings (SSSR count). The molecule has 0 aliphatic heterocycles. The zero-order valence-electron chi connectivity index (χ0n) is 5.63. The molecule has 0 spiro atoms. The van der Waals surface area contributed by atoms with Gasteiger partial charge in [-0.1, -0.05) is 6.92 Å². The predicted molar refractivity (Wildman–Crippen MR) is 33.7 cm³/mol. The molecule has 0 saturated heterocycles. The van der Waals surface area contributed by atoms with Crippen molar-refractivity contribution in [2.75, 3.05) is 0 Å². The highest BCUT2D eigenvalue weighted by Crippen LogP contribution is 2.36. The van der Waals surface area contributed by atoms with Crippen molar-refractivity contribution in [3.05, 3.63) is 6.42 Å². The minimum Gasteiger partial charge on any atom is -0.310 e. The van der Waals surface area contributed by atoms with Gasteiger partial charge in [-0.05, 0) is 5.92 Å². The maximum absolute atomic E-state index is 10.7. The van der Waals surface area contributed by atoms with E-state index in [9.17, 15) is 4.79 Å². The second-order valence-electron chi connectivity index (χ2n) is 2.25. The van der Waals surface area contributed by atoms with Gasteiger partial charge in [0, 0.05) is 11.7 Å². The third-order valence-electron chi connectivity index (χ3n) is 1.44. The summed E-state index contributed by atoms with van der Waals surface area (Å²) in [6, 6.07) is 0. The molecule has 0 aromatic heterocycles. The fourth-order valence-electron chi connectivity index (χ4n) is 0.751. The lowest BCUT2D eigenvalue weighted by molar-refractivity contribution is -0.375. The quantitative estimate of drug-likeness (QED) is 0.289. The van der Waals surface area contributed by atoms with Crippen molar-refractivity contribution in [2.24, 2.45) is 11.8 Å². The van der Waals surface area contributed by atoms with Crippen molar-refractivity contribution in [3.63, 3.8) is 0 Å². The van der Waals surface area contributed by atoms with Gasteiger partial charge in [0.15, 0.2) is 6.29 Å². The fourth-order valence-corrected chi connectivity index (χ4v) is 0.751. The molecule has 0 aromatic carbocycles. The van der Waals surface area contributed by atoms with Gasteiger partial charge >= 0.3 is 5.97 Å². The van der Waals surface area contributed by atoms with Crippen LogP contribution in [-0.2, 0) is 9.22 Å². The van der Waals surface area contributed by atoms with Crippen LogP contribution in [0.25, 0.3) is 0 Å². The van der Waals surface area contributed by atoms with Gasteiger partial charge in [-0.15, -0.1) is 0 Å². The van der Waals surface area contributed by atoms with E-state index < -0.39 is 0 Å². The predicted octanol–water partition coefficient (Wildman–Crippen LogP) is 0.738. The second-order valence-corrected chi connectivity index (χ2v) is 2.25. The van der Waals surface area contributed by atoms with Crippen molar-refractivity contribution in [1.29, 1.82) is 0 Å². The fraction of sp³-hybridized carbons (Fsp3) is 0.571. The Balaban J connectivity index is 2.36.